The van der Waals surface area contributed by atoms with Gasteiger partial charge in [0.15, 0.2) is 6.61 Å². The molecule has 120 valence electrons. The number of hydrogen-bond donors (Lipinski definition) is 2. The Bertz CT molecular complexity index is 385. The molecule has 2 N–H and O–H groups in total. The maximum Gasteiger partial charge on any atom is 0.257 e. The molecule has 0 aliphatic rings. The largest absolute Gasteiger partial charge is 0.494 e. The lowest BCUT2D eigenvalue weighted by atomic mass is 10.3. The van der Waals surface area contributed by atoms with Gasteiger partial charge in [-0.25, -0.2) is 0 Å². The van der Waals surface area contributed by atoms with Crippen molar-refractivity contribution >= 4 is 18.3 Å². The molecule has 0 aliphatic carbocycles. The van der Waals surface area contributed by atoms with Gasteiger partial charge in [-0.15, -0.1) is 12.4 Å². The van der Waals surface area contributed by atoms with Crippen LogP contribution in [-0.2, 0) is 4.79 Å². The number of nitrogens with one attached hydrogen (secondary N) is 2. The highest BCUT2D eigenvalue weighted by molar-refractivity contribution is 5.85. The van der Waals surface area contributed by atoms with E-state index in [1.54, 1.807) is 12.1 Å². The molecule has 0 aliphatic heterocycles. The third-order valence-electron chi connectivity index (χ3n) is 2.56. The minimum absolute atomic E-state index is 0. The molecule has 1 aromatic rings. The Labute approximate surface area is 132 Å². The van der Waals surface area contributed by atoms with E-state index in [0.717, 1.165) is 25.3 Å². The molecular weight excluding hydrogens is 292 g/mol. The molecule has 0 spiro atoms. The van der Waals surface area contributed by atoms with E-state index in [1.807, 2.05) is 19.1 Å². The lowest BCUT2D eigenvalue weighted by molar-refractivity contribution is -0.123. The summed E-state index contributed by atoms with van der Waals surface area (Å²) in [7, 11) is 0. The number of halogens is 1. The third-order valence-corrected chi connectivity index (χ3v) is 2.56. The number of amides is 1. The summed E-state index contributed by atoms with van der Waals surface area (Å²) in [4.78, 5) is 11.5. The third kappa shape index (κ3) is 9.15. The summed E-state index contributed by atoms with van der Waals surface area (Å²) in [5, 5.41) is 6.01. The maximum atomic E-state index is 11.5. The Morgan fingerprint density at radius 3 is 2.19 bits per heavy atom. The van der Waals surface area contributed by atoms with Gasteiger partial charge in [0, 0.05) is 13.1 Å². The van der Waals surface area contributed by atoms with E-state index in [2.05, 4.69) is 17.6 Å². The molecule has 0 heterocycles. The molecule has 21 heavy (non-hydrogen) atoms. The van der Waals surface area contributed by atoms with Gasteiger partial charge in [0.25, 0.3) is 5.91 Å². The second kappa shape index (κ2) is 12.3. The number of ether oxygens (including phenoxy) is 2. The van der Waals surface area contributed by atoms with Crippen LogP contribution in [0.2, 0.25) is 0 Å². The molecule has 5 nitrogen and oxygen atoms in total. The van der Waals surface area contributed by atoms with E-state index in [9.17, 15) is 4.79 Å². The molecule has 0 saturated heterocycles. The molecule has 1 rings (SSSR count). The summed E-state index contributed by atoms with van der Waals surface area (Å²) in [6, 6.07) is 7.24. The molecule has 0 saturated carbocycles. The van der Waals surface area contributed by atoms with E-state index in [4.69, 9.17) is 9.47 Å². The van der Waals surface area contributed by atoms with E-state index < -0.39 is 0 Å². The van der Waals surface area contributed by atoms with E-state index in [1.165, 1.54) is 0 Å². The average molecular weight is 317 g/mol. The molecule has 0 fully saturated rings. The molecular formula is C15H25ClN2O3. The van der Waals surface area contributed by atoms with Crippen molar-refractivity contribution in [3.05, 3.63) is 24.3 Å². The van der Waals surface area contributed by atoms with Gasteiger partial charge >= 0.3 is 0 Å². The SMILES string of the molecule is CCCNCCNC(=O)COc1ccc(OCC)cc1.Cl. The summed E-state index contributed by atoms with van der Waals surface area (Å²) >= 11 is 0. The Kier molecular flexibility index (Phi) is 11.4. The fraction of sp³-hybridized carbons (Fsp3) is 0.533. The summed E-state index contributed by atoms with van der Waals surface area (Å²) in [5.74, 6) is 1.34. The zero-order valence-corrected chi connectivity index (χ0v) is 13.5. The van der Waals surface area contributed by atoms with Crippen molar-refractivity contribution in [3.63, 3.8) is 0 Å². The van der Waals surface area contributed by atoms with Crippen molar-refractivity contribution in [2.45, 2.75) is 20.3 Å². The quantitative estimate of drug-likeness (QED) is 0.648. The summed E-state index contributed by atoms with van der Waals surface area (Å²) in [6.07, 6.45) is 1.09. The number of benzene rings is 1. The first-order chi connectivity index (χ1) is 9.76. The molecule has 1 amide bonds. The van der Waals surface area contributed by atoms with Crippen molar-refractivity contribution < 1.29 is 14.3 Å². The highest BCUT2D eigenvalue weighted by Crippen LogP contribution is 2.17. The van der Waals surface area contributed by atoms with Crippen LogP contribution < -0.4 is 20.1 Å². The number of rotatable bonds is 10. The predicted octanol–water partition coefficient (Wildman–Crippen LogP) is 2.00. The fourth-order valence-corrected chi connectivity index (χ4v) is 1.59. The van der Waals surface area contributed by atoms with Crippen LogP contribution in [0.15, 0.2) is 24.3 Å². The van der Waals surface area contributed by atoms with Gasteiger partial charge < -0.3 is 20.1 Å². The summed E-state index contributed by atoms with van der Waals surface area (Å²) in [5.41, 5.74) is 0. The maximum absolute atomic E-state index is 11.5. The minimum Gasteiger partial charge on any atom is -0.494 e. The second-order valence-corrected chi connectivity index (χ2v) is 4.29. The van der Waals surface area contributed by atoms with Crippen LogP contribution in [-0.4, -0.2) is 38.8 Å². The first kappa shape index (κ1) is 19.5. The van der Waals surface area contributed by atoms with E-state index in [-0.39, 0.29) is 24.9 Å². The summed E-state index contributed by atoms with van der Waals surface area (Å²) in [6.45, 7) is 7.07. The van der Waals surface area contributed by atoms with Gasteiger partial charge in [-0.2, -0.15) is 0 Å². The number of carbonyl (C=O) groups is 1. The summed E-state index contributed by atoms with van der Waals surface area (Å²) < 4.78 is 10.7. The monoisotopic (exact) mass is 316 g/mol. The Morgan fingerprint density at radius 1 is 1.00 bits per heavy atom. The Morgan fingerprint density at radius 2 is 1.62 bits per heavy atom. The van der Waals surface area contributed by atoms with Crippen LogP contribution in [0.5, 0.6) is 11.5 Å². The van der Waals surface area contributed by atoms with Crippen molar-refractivity contribution in [1.82, 2.24) is 10.6 Å². The predicted molar refractivity (Wildman–Crippen MR) is 86.5 cm³/mol. The van der Waals surface area contributed by atoms with Gasteiger partial charge in [0.2, 0.25) is 0 Å². The molecule has 6 heteroatoms. The van der Waals surface area contributed by atoms with Gasteiger partial charge in [0.05, 0.1) is 6.61 Å². The Balaban J connectivity index is 0.00000400. The normalized spacial score (nSPS) is 9.62. The van der Waals surface area contributed by atoms with Crippen molar-refractivity contribution in [2.75, 3.05) is 32.8 Å². The van der Waals surface area contributed by atoms with Crippen molar-refractivity contribution in [3.8, 4) is 11.5 Å². The molecule has 0 unspecified atom stereocenters. The highest BCUT2D eigenvalue weighted by Gasteiger charge is 2.02. The van der Waals surface area contributed by atoms with Crippen LogP contribution in [0.1, 0.15) is 20.3 Å². The topological polar surface area (TPSA) is 59.6 Å². The van der Waals surface area contributed by atoms with Crippen LogP contribution in [0, 0.1) is 0 Å². The van der Waals surface area contributed by atoms with E-state index in [0.29, 0.717) is 18.9 Å². The number of hydrogen-bond acceptors (Lipinski definition) is 4. The van der Waals surface area contributed by atoms with Gasteiger partial charge in [-0.1, -0.05) is 6.92 Å². The van der Waals surface area contributed by atoms with Crippen molar-refractivity contribution in [1.29, 1.82) is 0 Å². The average Bonchev–Trinajstić information content (AvgIpc) is 2.47. The van der Waals surface area contributed by atoms with Gasteiger partial charge in [-0.05, 0) is 44.2 Å². The highest BCUT2D eigenvalue weighted by atomic mass is 35.5. The zero-order valence-electron chi connectivity index (χ0n) is 12.7. The van der Waals surface area contributed by atoms with Gasteiger partial charge in [0.1, 0.15) is 11.5 Å². The van der Waals surface area contributed by atoms with Crippen LogP contribution >= 0.6 is 12.4 Å². The molecule has 0 aromatic heterocycles. The lowest BCUT2D eigenvalue weighted by Crippen LogP contribution is -2.34. The molecule has 0 atom stereocenters. The van der Waals surface area contributed by atoms with Gasteiger partial charge in [-0.3, -0.25) is 4.79 Å². The standard InChI is InChI=1S/C15H24N2O3.ClH/c1-3-9-16-10-11-17-15(18)12-20-14-7-5-13(6-8-14)19-4-2;/h5-8,16H,3-4,9-12H2,1-2H3,(H,17,18);1H. The van der Waals surface area contributed by atoms with Crippen LogP contribution in [0.4, 0.5) is 0 Å². The smallest absolute Gasteiger partial charge is 0.257 e. The lowest BCUT2D eigenvalue weighted by Gasteiger charge is -2.09. The van der Waals surface area contributed by atoms with Crippen LogP contribution in [0.3, 0.4) is 0 Å². The minimum atomic E-state index is -0.114. The zero-order chi connectivity index (χ0) is 14.6. The first-order valence-electron chi connectivity index (χ1n) is 7.09. The van der Waals surface area contributed by atoms with Crippen molar-refractivity contribution in [2.24, 2.45) is 0 Å². The second-order valence-electron chi connectivity index (χ2n) is 4.29. The Hall–Kier alpha value is -1.46. The molecule has 1 aromatic carbocycles. The number of carbonyl (C=O) groups excluding carboxylic acids is 1. The molecule has 0 bridgehead atoms. The van der Waals surface area contributed by atoms with Crippen LogP contribution in [0.25, 0.3) is 0 Å². The van der Waals surface area contributed by atoms with E-state index >= 15 is 0 Å². The first-order valence-corrected chi connectivity index (χ1v) is 7.09. The molecule has 0 radical (unpaired) electrons. The fourth-order valence-electron chi connectivity index (χ4n) is 1.59.